The van der Waals surface area contributed by atoms with Crippen molar-refractivity contribution in [2.45, 2.75) is 6.92 Å². The molecule has 0 aromatic heterocycles. The van der Waals surface area contributed by atoms with Gasteiger partial charge in [0.1, 0.15) is 6.54 Å². The minimum atomic E-state index is -3.90. The van der Waals surface area contributed by atoms with Crippen molar-refractivity contribution in [2.75, 3.05) is 29.0 Å². The number of hydrogen-bond acceptors (Lipinski definition) is 7. The number of carbonyl (C=O) groups is 2. The second kappa shape index (κ2) is 9.15. The van der Waals surface area contributed by atoms with E-state index < -0.39 is 33.4 Å². The van der Waals surface area contributed by atoms with Crippen molar-refractivity contribution in [1.29, 1.82) is 0 Å². The molecule has 154 valence electrons. The van der Waals surface area contributed by atoms with E-state index in [9.17, 15) is 28.1 Å². The molecule has 0 saturated heterocycles. The molecule has 0 radical (unpaired) electrons. The van der Waals surface area contributed by atoms with Gasteiger partial charge < -0.3 is 10.1 Å². The van der Waals surface area contributed by atoms with Crippen LogP contribution in [0.25, 0.3) is 0 Å². The van der Waals surface area contributed by atoms with Crippen LogP contribution in [0.15, 0.2) is 48.5 Å². The number of ether oxygens (including phenoxy) is 1. The van der Waals surface area contributed by atoms with Crippen LogP contribution in [-0.4, -0.2) is 44.6 Å². The third-order valence-corrected chi connectivity index (χ3v) is 4.81. The summed E-state index contributed by atoms with van der Waals surface area (Å²) in [5, 5.41) is 13.4. The number of non-ortho nitro benzene ring substituents is 1. The van der Waals surface area contributed by atoms with Gasteiger partial charge in [0.2, 0.25) is 15.9 Å². The number of carbonyl (C=O) groups excluding carboxylic acids is 2. The lowest BCUT2D eigenvalue weighted by Gasteiger charge is -2.21. The summed E-state index contributed by atoms with van der Waals surface area (Å²) >= 11 is 0. The highest BCUT2D eigenvalue weighted by Crippen LogP contribution is 2.23. The number of nitro benzene ring substituents is 1. The average molecular weight is 421 g/mol. The molecule has 0 bridgehead atoms. The van der Waals surface area contributed by atoms with Gasteiger partial charge in [0.05, 0.1) is 29.0 Å². The molecule has 0 aliphatic heterocycles. The van der Waals surface area contributed by atoms with Crippen molar-refractivity contribution < 1.29 is 27.7 Å². The third kappa shape index (κ3) is 6.01. The summed E-state index contributed by atoms with van der Waals surface area (Å²) in [5.41, 5.74) is 0.173. The summed E-state index contributed by atoms with van der Waals surface area (Å²) in [7, 11) is -3.90. The van der Waals surface area contributed by atoms with E-state index in [0.717, 1.165) is 16.6 Å². The third-order valence-electron chi connectivity index (χ3n) is 3.67. The molecule has 0 saturated carbocycles. The van der Waals surface area contributed by atoms with Crippen molar-refractivity contribution >= 4 is 39.0 Å². The van der Waals surface area contributed by atoms with Crippen LogP contribution in [0.4, 0.5) is 17.1 Å². The molecule has 0 heterocycles. The van der Waals surface area contributed by atoms with Gasteiger partial charge in [0.25, 0.3) is 5.69 Å². The first-order chi connectivity index (χ1) is 13.6. The first-order valence-corrected chi connectivity index (χ1v) is 10.3. The van der Waals surface area contributed by atoms with Crippen LogP contribution in [-0.2, 0) is 19.6 Å². The van der Waals surface area contributed by atoms with Crippen LogP contribution < -0.4 is 9.62 Å². The van der Waals surface area contributed by atoms with E-state index in [4.69, 9.17) is 4.74 Å². The monoisotopic (exact) mass is 421 g/mol. The Balaban J connectivity index is 2.22. The van der Waals surface area contributed by atoms with E-state index >= 15 is 0 Å². The molecule has 29 heavy (non-hydrogen) atoms. The fourth-order valence-corrected chi connectivity index (χ4v) is 3.28. The molecule has 0 aliphatic carbocycles. The molecule has 10 nitrogen and oxygen atoms in total. The van der Waals surface area contributed by atoms with Crippen molar-refractivity contribution in [3.63, 3.8) is 0 Å². The molecule has 11 heteroatoms. The molecule has 0 fully saturated rings. The van der Waals surface area contributed by atoms with E-state index in [1.165, 1.54) is 42.5 Å². The first kappa shape index (κ1) is 21.8. The van der Waals surface area contributed by atoms with Crippen LogP contribution in [0.3, 0.4) is 0 Å². The van der Waals surface area contributed by atoms with Crippen LogP contribution >= 0.6 is 0 Å². The Kier molecular flexibility index (Phi) is 6.89. The van der Waals surface area contributed by atoms with Crippen LogP contribution in [0.5, 0.6) is 0 Å². The molecule has 2 rings (SSSR count). The lowest BCUT2D eigenvalue weighted by atomic mass is 10.2. The summed E-state index contributed by atoms with van der Waals surface area (Å²) in [5.74, 6) is -1.25. The topological polar surface area (TPSA) is 136 Å². The van der Waals surface area contributed by atoms with Gasteiger partial charge in [-0.25, -0.2) is 13.2 Å². The number of hydrogen-bond donors (Lipinski definition) is 1. The van der Waals surface area contributed by atoms with Gasteiger partial charge in [0, 0.05) is 17.8 Å². The van der Waals surface area contributed by atoms with Crippen LogP contribution in [0, 0.1) is 10.1 Å². The van der Waals surface area contributed by atoms with Gasteiger partial charge in [0.15, 0.2) is 0 Å². The molecule has 0 unspecified atom stereocenters. The van der Waals surface area contributed by atoms with Gasteiger partial charge in [-0.2, -0.15) is 0 Å². The Labute approximate surface area is 167 Å². The largest absolute Gasteiger partial charge is 0.462 e. The summed E-state index contributed by atoms with van der Waals surface area (Å²) < 4.78 is 29.9. The van der Waals surface area contributed by atoms with Crippen molar-refractivity contribution in [3.8, 4) is 0 Å². The molecule has 0 spiro atoms. The number of nitrogens with zero attached hydrogens (tertiary/aromatic N) is 2. The summed E-state index contributed by atoms with van der Waals surface area (Å²) in [6.45, 7) is 1.25. The van der Waals surface area contributed by atoms with Gasteiger partial charge in [-0.15, -0.1) is 0 Å². The highest BCUT2D eigenvalue weighted by atomic mass is 32.2. The van der Waals surface area contributed by atoms with E-state index in [-0.39, 0.29) is 29.2 Å². The maximum atomic E-state index is 12.4. The van der Waals surface area contributed by atoms with Crippen molar-refractivity contribution in [3.05, 3.63) is 64.2 Å². The van der Waals surface area contributed by atoms with Crippen molar-refractivity contribution in [1.82, 2.24) is 0 Å². The highest BCUT2D eigenvalue weighted by Gasteiger charge is 2.23. The minimum absolute atomic E-state index is 0.0166. The number of anilines is 2. The molecular formula is C18H19N3O7S. The van der Waals surface area contributed by atoms with E-state index in [0.29, 0.717) is 0 Å². The Morgan fingerprint density at radius 1 is 1.17 bits per heavy atom. The maximum Gasteiger partial charge on any atom is 0.338 e. The average Bonchev–Trinajstić information content (AvgIpc) is 2.65. The van der Waals surface area contributed by atoms with E-state index in [1.54, 1.807) is 6.92 Å². The second-order valence-electron chi connectivity index (χ2n) is 5.90. The molecule has 2 aromatic carbocycles. The number of benzene rings is 2. The first-order valence-electron chi connectivity index (χ1n) is 8.41. The molecule has 0 aliphatic rings. The maximum absolute atomic E-state index is 12.4. The quantitative estimate of drug-likeness (QED) is 0.392. The summed E-state index contributed by atoms with van der Waals surface area (Å²) in [6, 6.07) is 10.9. The van der Waals surface area contributed by atoms with E-state index in [2.05, 4.69) is 5.32 Å². The zero-order chi connectivity index (χ0) is 21.6. The lowest BCUT2D eigenvalue weighted by molar-refractivity contribution is -0.384. The standard InChI is InChI=1S/C18H19N3O7S/c1-3-28-18(23)13-6-4-7-14(10-13)19-17(22)12-20(29(2,26)27)15-8-5-9-16(11-15)21(24)25/h4-11H,3,12H2,1-2H3,(H,19,22). The normalized spacial score (nSPS) is 10.8. The fourth-order valence-electron chi connectivity index (χ4n) is 2.43. The Morgan fingerprint density at radius 3 is 2.48 bits per heavy atom. The Hall–Kier alpha value is -3.47. The predicted octanol–water partition coefficient (Wildman–Crippen LogP) is 2.18. The summed E-state index contributed by atoms with van der Waals surface area (Å²) in [4.78, 5) is 34.5. The minimum Gasteiger partial charge on any atom is -0.462 e. The molecular weight excluding hydrogens is 402 g/mol. The number of nitro groups is 1. The molecule has 1 N–H and O–H groups in total. The number of nitrogens with one attached hydrogen (secondary N) is 1. The van der Waals surface area contributed by atoms with Crippen LogP contribution in [0.2, 0.25) is 0 Å². The zero-order valence-electron chi connectivity index (χ0n) is 15.7. The predicted molar refractivity (Wildman–Crippen MR) is 106 cm³/mol. The lowest BCUT2D eigenvalue weighted by Crippen LogP contribution is -2.37. The van der Waals surface area contributed by atoms with E-state index in [1.807, 2.05) is 0 Å². The van der Waals surface area contributed by atoms with Crippen molar-refractivity contribution in [2.24, 2.45) is 0 Å². The number of rotatable bonds is 8. The molecule has 2 aromatic rings. The Bertz CT molecular complexity index is 1040. The highest BCUT2D eigenvalue weighted by molar-refractivity contribution is 7.92. The van der Waals surface area contributed by atoms with Gasteiger partial charge in [-0.3, -0.25) is 19.2 Å². The Morgan fingerprint density at radius 2 is 1.86 bits per heavy atom. The smallest absolute Gasteiger partial charge is 0.338 e. The summed E-state index contributed by atoms with van der Waals surface area (Å²) in [6.07, 6.45) is 0.889. The second-order valence-corrected chi connectivity index (χ2v) is 7.80. The molecule has 0 atom stereocenters. The van der Waals surface area contributed by atoms with Crippen LogP contribution in [0.1, 0.15) is 17.3 Å². The molecule has 1 amide bonds. The number of esters is 1. The van der Waals surface area contributed by atoms with Gasteiger partial charge in [-0.05, 0) is 31.2 Å². The van der Waals surface area contributed by atoms with Gasteiger partial charge in [-0.1, -0.05) is 12.1 Å². The SMILES string of the molecule is CCOC(=O)c1cccc(NC(=O)CN(c2cccc([N+](=O)[O-])c2)S(C)(=O)=O)c1. The zero-order valence-corrected chi connectivity index (χ0v) is 16.5. The van der Waals surface area contributed by atoms with Gasteiger partial charge >= 0.3 is 5.97 Å². The number of amides is 1. The fraction of sp³-hybridized carbons (Fsp3) is 0.222. The number of sulfonamides is 1.